The molecule has 0 heterocycles. The molecule has 1 unspecified atom stereocenters. The van der Waals surface area contributed by atoms with E-state index < -0.39 is 6.10 Å². The van der Waals surface area contributed by atoms with Gasteiger partial charge >= 0.3 is 17.9 Å². The number of unbranched alkanes of at least 4 members (excludes halogenated alkanes) is 20. The van der Waals surface area contributed by atoms with E-state index in [0.29, 0.717) is 19.3 Å². The second-order valence-corrected chi connectivity index (χ2v) is 18.8. The topological polar surface area (TPSA) is 78.9 Å². The van der Waals surface area contributed by atoms with Crippen LogP contribution in [-0.2, 0) is 28.6 Å². The Bertz CT molecular complexity index is 1500. The summed E-state index contributed by atoms with van der Waals surface area (Å²) in [4.78, 5) is 38.2. The Hall–Kier alpha value is -4.19. The molecule has 402 valence electrons. The Morgan fingerprint density at radius 2 is 0.549 bits per heavy atom. The highest BCUT2D eigenvalue weighted by Gasteiger charge is 2.19. The van der Waals surface area contributed by atoms with Gasteiger partial charge in [-0.15, -0.1) is 0 Å². The summed E-state index contributed by atoms with van der Waals surface area (Å²) in [6.45, 7) is 6.34. The van der Waals surface area contributed by atoms with E-state index in [1.54, 1.807) is 0 Å². The van der Waals surface area contributed by atoms with Crippen molar-refractivity contribution < 1.29 is 28.6 Å². The van der Waals surface area contributed by atoms with Crippen LogP contribution in [-0.4, -0.2) is 37.2 Å². The van der Waals surface area contributed by atoms with Gasteiger partial charge in [0.15, 0.2) is 6.10 Å². The van der Waals surface area contributed by atoms with Gasteiger partial charge < -0.3 is 14.2 Å². The van der Waals surface area contributed by atoms with E-state index in [9.17, 15) is 14.4 Å². The summed E-state index contributed by atoms with van der Waals surface area (Å²) < 4.78 is 16.8. The van der Waals surface area contributed by atoms with Crippen LogP contribution in [0.3, 0.4) is 0 Å². The molecule has 6 nitrogen and oxygen atoms in total. The first kappa shape index (κ1) is 66.8. The van der Waals surface area contributed by atoms with Gasteiger partial charge in [-0.2, -0.15) is 0 Å². The number of esters is 3. The van der Waals surface area contributed by atoms with Crippen LogP contribution >= 0.6 is 0 Å². The maximum absolute atomic E-state index is 12.9. The predicted octanol–water partition coefficient (Wildman–Crippen LogP) is 19.6. The van der Waals surface area contributed by atoms with Crippen LogP contribution in [0.25, 0.3) is 0 Å². The molecular weight excluding hydrogens is 877 g/mol. The van der Waals surface area contributed by atoms with Crippen molar-refractivity contribution in [2.45, 2.75) is 258 Å². The number of carbonyl (C=O) groups is 3. The molecule has 0 aliphatic rings. The van der Waals surface area contributed by atoms with Crippen LogP contribution in [0.1, 0.15) is 252 Å². The SMILES string of the molecule is CC/C=C\C/C=C\C/C=C\C/C=C\C/C=C\CCCCCCCC(=O)OCC(COC(=O)CCCCCCC/C=C\CCCC)OC(=O)CCCCCCCCCC/C=C\C/C=C\C/C=C\C/C=C\CC. The zero-order chi connectivity index (χ0) is 51.4. The van der Waals surface area contributed by atoms with E-state index in [1.807, 2.05) is 0 Å². The van der Waals surface area contributed by atoms with E-state index in [4.69, 9.17) is 14.2 Å². The molecule has 0 fully saturated rings. The summed E-state index contributed by atoms with van der Waals surface area (Å²) in [5.74, 6) is -0.933. The molecule has 0 spiro atoms. The number of carbonyl (C=O) groups excluding carboxylic acids is 3. The van der Waals surface area contributed by atoms with Gasteiger partial charge in [0.05, 0.1) is 0 Å². The van der Waals surface area contributed by atoms with Crippen LogP contribution < -0.4 is 0 Å². The fraction of sp³-hybridized carbons (Fsp3) is 0.646. The van der Waals surface area contributed by atoms with Crippen LogP contribution in [0.5, 0.6) is 0 Å². The van der Waals surface area contributed by atoms with Gasteiger partial charge in [0.2, 0.25) is 0 Å². The monoisotopic (exact) mass is 983 g/mol. The van der Waals surface area contributed by atoms with Gasteiger partial charge in [0, 0.05) is 19.3 Å². The van der Waals surface area contributed by atoms with Crippen molar-refractivity contribution in [1.29, 1.82) is 0 Å². The summed E-state index contributed by atoms with van der Waals surface area (Å²) >= 11 is 0. The molecule has 0 aromatic rings. The maximum atomic E-state index is 12.9. The van der Waals surface area contributed by atoms with Crippen molar-refractivity contribution >= 4 is 17.9 Å². The Morgan fingerprint density at radius 1 is 0.296 bits per heavy atom. The third kappa shape index (κ3) is 56.6. The van der Waals surface area contributed by atoms with Gasteiger partial charge in [0.25, 0.3) is 0 Å². The predicted molar refractivity (Wildman–Crippen MR) is 306 cm³/mol. The van der Waals surface area contributed by atoms with Crippen LogP contribution in [0, 0.1) is 0 Å². The van der Waals surface area contributed by atoms with Crippen LogP contribution in [0.2, 0.25) is 0 Å². The summed E-state index contributed by atoms with van der Waals surface area (Å²) in [7, 11) is 0. The van der Waals surface area contributed by atoms with Gasteiger partial charge in [-0.25, -0.2) is 0 Å². The second-order valence-electron chi connectivity index (χ2n) is 18.8. The van der Waals surface area contributed by atoms with Gasteiger partial charge in [-0.05, 0) is 122 Å². The van der Waals surface area contributed by atoms with Crippen molar-refractivity contribution in [3.8, 4) is 0 Å². The highest BCUT2D eigenvalue weighted by Crippen LogP contribution is 2.14. The zero-order valence-corrected chi connectivity index (χ0v) is 45.9. The molecule has 0 saturated carbocycles. The molecule has 0 amide bonds. The Kier molecular flexibility index (Phi) is 54.9. The normalized spacial score (nSPS) is 13.0. The molecule has 0 radical (unpaired) electrons. The smallest absolute Gasteiger partial charge is 0.306 e. The molecule has 71 heavy (non-hydrogen) atoms. The highest BCUT2D eigenvalue weighted by molar-refractivity contribution is 5.71. The fourth-order valence-corrected chi connectivity index (χ4v) is 7.62. The quantitative estimate of drug-likeness (QED) is 0.0261. The molecule has 0 aliphatic heterocycles. The zero-order valence-electron chi connectivity index (χ0n) is 45.9. The second kappa shape index (κ2) is 58.4. The molecule has 6 heteroatoms. The first-order valence-electron chi connectivity index (χ1n) is 29.0. The average molecular weight is 984 g/mol. The Morgan fingerprint density at radius 3 is 0.873 bits per heavy atom. The Labute approximate surface area is 437 Å². The molecule has 1 atom stereocenters. The molecule has 0 aliphatic carbocycles. The number of ether oxygens (including phenoxy) is 3. The van der Waals surface area contributed by atoms with Crippen molar-refractivity contribution in [2.75, 3.05) is 13.2 Å². The number of hydrogen-bond acceptors (Lipinski definition) is 6. The Balaban J connectivity index is 4.41. The highest BCUT2D eigenvalue weighted by atomic mass is 16.6. The third-order valence-corrected chi connectivity index (χ3v) is 11.9. The van der Waals surface area contributed by atoms with Gasteiger partial charge in [-0.3, -0.25) is 14.4 Å². The minimum Gasteiger partial charge on any atom is -0.462 e. The van der Waals surface area contributed by atoms with E-state index in [2.05, 4.69) is 142 Å². The van der Waals surface area contributed by atoms with E-state index >= 15 is 0 Å². The number of allylic oxidation sites excluding steroid dienone is 20. The van der Waals surface area contributed by atoms with Crippen LogP contribution in [0.4, 0.5) is 0 Å². The van der Waals surface area contributed by atoms with Crippen molar-refractivity contribution in [3.05, 3.63) is 122 Å². The van der Waals surface area contributed by atoms with Crippen molar-refractivity contribution in [3.63, 3.8) is 0 Å². The lowest BCUT2D eigenvalue weighted by Gasteiger charge is -2.18. The van der Waals surface area contributed by atoms with E-state index in [-0.39, 0.29) is 31.1 Å². The fourth-order valence-electron chi connectivity index (χ4n) is 7.62. The lowest BCUT2D eigenvalue weighted by atomic mass is 10.1. The molecular formula is C65H106O6. The standard InChI is InChI=1S/C65H106O6/c1-4-7-10-13-16-19-22-24-26-28-30-32-34-36-38-40-43-46-49-52-55-58-64(67)70-61-62(60-69-63(66)57-54-51-48-45-42-21-18-15-12-9-6-3)71-65(68)59-56-53-50-47-44-41-39-37-35-33-31-29-27-25-23-20-17-14-11-8-5-2/h7-8,10-11,15-20,24-27,30-33,36,38,62H,4-6,9,12-14,21-23,28-29,34-35,37,39-61H2,1-3H3/b10-7-,11-8-,18-15-,19-16-,20-17-,26-24-,27-25-,32-30-,33-31-,38-36-. The largest absolute Gasteiger partial charge is 0.462 e. The summed E-state index contributed by atoms with van der Waals surface area (Å²) in [5.41, 5.74) is 0. The molecule has 0 bridgehead atoms. The summed E-state index contributed by atoms with van der Waals surface area (Å²) in [6.07, 6.45) is 80.4. The lowest BCUT2D eigenvalue weighted by molar-refractivity contribution is -0.167. The van der Waals surface area contributed by atoms with Crippen LogP contribution in [0.15, 0.2) is 122 Å². The van der Waals surface area contributed by atoms with Crippen molar-refractivity contribution in [1.82, 2.24) is 0 Å². The van der Waals surface area contributed by atoms with E-state index in [0.717, 1.165) is 154 Å². The maximum Gasteiger partial charge on any atom is 0.306 e. The molecule has 0 aromatic heterocycles. The molecule has 0 rings (SSSR count). The third-order valence-electron chi connectivity index (χ3n) is 11.9. The van der Waals surface area contributed by atoms with Gasteiger partial charge in [0.1, 0.15) is 13.2 Å². The lowest BCUT2D eigenvalue weighted by Crippen LogP contribution is -2.30. The molecule has 0 saturated heterocycles. The van der Waals surface area contributed by atoms with Crippen molar-refractivity contribution in [2.24, 2.45) is 0 Å². The van der Waals surface area contributed by atoms with E-state index in [1.165, 1.54) is 57.8 Å². The average Bonchev–Trinajstić information content (AvgIpc) is 3.37. The number of rotatable bonds is 51. The summed E-state index contributed by atoms with van der Waals surface area (Å²) in [6, 6.07) is 0. The minimum absolute atomic E-state index is 0.0949. The number of hydrogen-bond donors (Lipinski definition) is 0. The minimum atomic E-state index is -0.798. The summed E-state index contributed by atoms with van der Waals surface area (Å²) in [5, 5.41) is 0. The first-order valence-corrected chi connectivity index (χ1v) is 29.0. The molecule has 0 N–H and O–H groups in total. The first-order chi connectivity index (χ1) is 35.0. The molecule has 0 aromatic carbocycles. The van der Waals surface area contributed by atoms with Gasteiger partial charge in [-0.1, -0.05) is 232 Å².